The van der Waals surface area contributed by atoms with E-state index < -0.39 is 0 Å². The Balaban J connectivity index is 1.07. The largest absolute Gasteiger partial charge is 0.308 e. The van der Waals surface area contributed by atoms with Crippen LogP contribution in [0.2, 0.25) is 0 Å². The Morgan fingerprint density at radius 3 is 1.84 bits per heavy atom. The summed E-state index contributed by atoms with van der Waals surface area (Å²) in [6.07, 6.45) is 5.78. The van der Waals surface area contributed by atoms with Gasteiger partial charge >= 0.3 is 0 Å². The van der Waals surface area contributed by atoms with Gasteiger partial charge in [-0.25, -0.2) is 15.0 Å². The molecule has 286 valence electrons. The molecule has 6 nitrogen and oxygen atoms in total. The lowest BCUT2D eigenvalue weighted by Gasteiger charge is -2.16. The van der Waals surface area contributed by atoms with Gasteiger partial charge in [0.1, 0.15) is 5.82 Å². The van der Waals surface area contributed by atoms with E-state index in [-0.39, 0.29) is 0 Å². The van der Waals surface area contributed by atoms with Gasteiger partial charge in [-0.3, -0.25) is 8.97 Å². The molecule has 4 heterocycles. The number of nitrogens with zero attached hydrogens (tertiary/aromatic N) is 6. The highest BCUT2D eigenvalue weighted by Crippen LogP contribution is 2.46. The second-order valence-electron chi connectivity index (χ2n) is 15.3. The molecule has 0 aliphatic heterocycles. The summed E-state index contributed by atoms with van der Waals surface area (Å²) in [5, 5.41) is 3.56. The van der Waals surface area contributed by atoms with Crippen LogP contribution in [0.1, 0.15) is 0 Å². The molecule has 0 radical (unpaired) electrons. The van der Waals surface area contributed by atoms with Crippen LogP contribution in [0.5, 0.6) is 0 Å². The van der Waals surface area contributed by atoms with E-state index in [0.717, 1.165) is 67.4 Å². The van der Waals surface area contributed by atoms with E-state index in [9.17, 15) is 0 Å². The molecule has 4 aromatic heterocycles. The molecule has 0 N–H and O–H groups in total. The normalized spacial score (nSPS) is 11.6. The Bertz CT molecular complexity index is 3510. The first-order valence-electron chi connectivity index (χ1n) is 20.5. The summed E-state index contributed by atoms with van der Waals surface area (Å²) >= 11 is 0. The van der Waals surface area contributed by atoms with Gasteiger partial charge in [-0.05, 0) is 82.2 Å². The third-order valence-electron chi connectivity index (χ3n) is 11.8. The summed E-state index contributed by atoms with van der Waals surface area (Å²) in [5.74, 6) is 1.59. The number of fused-ring (bicyclic) bond motifs is 5. The van der Waals surface area contributed by atoms with Crippen LogP contribution < -0.4 is 0 Å². The molecule has 0 bridgehead atoms. The maximum Gasteiger partial charge on any atom is 0.234 e. The highest BCUT2D eigenvalue weighted by molar-refractivity contribution is 6.18. The summed E-state index contributed by atoms with van der Waals surface area (Å²) in [6.45, 7) is 0. The molecule has 0 saturated heterocycles. The molecule has 8 aromatic carbocycles. The van der Waals surface area contributed by atoms with Crippen LogP contribution in [0.25, 0.3) is 106 Å². The molecule has 0 saturated carbocycles. The van der Waals surface area contributed by atoms with Crippen LogP contribution in [0, 0.1) is 0 Å². The van der Waals surface area contributed by atoms with E-state index in [4.69, 9.17) is 9.97 Å². The SMILES string of the molecule is c1ccc(-c2c(-c3ccccc3)n(-c3ccc(-c4nc5ccccc5n4-c4ccccc4)cc3)c3c2ccc2c(-c4ccc(-c5cn6cccnc6n5)cc4)cccc23)cc1. The van der Waals surface area contributed by atoms with Crippen molar-refractivity contribution in [3.63, 3.8) is 0 Å². The van der Waals surface area contributed by atoms with E-state index in [1.807, 2.05) is 22.9 Å². The monoisotopic (exact) mass is 780 g/mol. The highest BCUT2D eigenvalue weighted by atomic mass is 15.1. The molecule has 0 aliphatic carbocycles. The van der Waals surface area contributed by atoms with Crippen molar-refractivity contribution in [3.05, 3.63) is 219 Å². The van der Waals surface area contributed by atoms with Gasteiger partial charge in [0.2, 0.25) is 5.78 Å². The molecule has 0 fully saturated rings. The Morgan fingerprint density at radius 1 is 0.410 bits per heavy atom. The average molecular weight is 781 g/mol. The van der Waals surface area contributed by atoms with Crippen molar-refractivity contribution >= 4 is 38.5 Å². The Morgan fingerprint density at radius 2 is 1.07 bits per heavy atom. The molecule has 0 amide bonds. The number of imidazole rings is 2. The van der Waals surface area contributed by atoms with Crippen molar-refractivity contribution in [2.45, 2.75) is 0 Å². The highest BCUT2D eigenvalue weighted by Gasteiger charge is 2.24. The third kappa shape index (κ3) is 5.76. The number of aromatic nitrogens is 6. The lowest BCUT2D eigenvalue weighted by molar-refractivity contribution is 1.10. The molecule has 12 aromatic rings. The summed E-state index contributed by atoms with van der Waals surface area (Å²) in [5.41, 5.74) is 15.3. The van der Waals surface area contributed by atoms with Gasteiger partial charge < -0.3 is 4.57 Å². The van der Waals surface area contributed by atoms with Gasteiger partial charge in [0.05, 0.1) is 27.9 Å². The molecule has 12 rings (SSSR count). The van der Waals surface area contributed by atoms with Crippen molar-refractivity contribution in [3.8, 4) is 67.5 Å². The molecule has 61 heavy (non-hydrogen) atoms. The number of benzene rings is 8. The first kappa shape index (κ1) is 34.7. The zero-order valence-electron chi connectivity index (χ0n) is 33.0. The molecule has 6 heteroatoms. The van der Waals surface area contributed by atoms with Crippen LogP contribution in [-0.4, -0.2) is 28.5 Å². The molecular weight excluding hydrogens is 745 g/mol. The predicted octanol–water partition coefficient (Wildman–Crippen LogP) is 13.5. The zero-order valence-corrected chi connectivity index (χ0v) is 33.0. The van der Waals surface area contributed by atoms with Gasteiger partial charge in [0.15, 0.2) is 0 Å². The minimum atomic E-state index is 0.689. The van der Waals surface area contributed by atoms with E-state index in [2.05, 4.69) is 208 Å². The summed E-state index contributed by atoms with van der Waals surface area (Å²) in [4.78, 5) is 14.4. The van der Waals surface area contributed by atoms with Crippen LogP contribution in [0.3, 0.4) is 0 Å². The van der Waals surface area contributed by atoms with Crippen LogP contribution in [0.4, 0.5) is 0 Å². The van der Waals surface area contributed by atoms with E-state index in [0.29, 0.717) is 5.78 Å². The number of hydrogen-bond acceptors (Lipinski definition) is 3. The smallest absolute Gasteiger partial charge is 0.234 e. The fourth-order valence-electron chi connectivity index (χ4n) is 9.02. The Kier molecular flexibility index (Phi) is 8.06. The maximum atomic E-state index is 5.18. The first-order valence-corrected chi connectivity index (χ1v) is 20.5. The van der Waals surface area contributed by atoms with Gasteiger partial charge in [0, 0.05) is 57.4 Å². The second-order valence-corrected chi connectivity index (χ2v) is 15.3. The van der Waals surface area contributed by atoms with Crippen molar-refractivity contribution in [2.75, 3.05) is 0 Å². The van der Waals surface area contributed by atoms with Gasteiger partial charge in [-0.2, -0.15) is 0 Å². The Labute approximate surface area is 351 Å². The Hall–Kier alpha value is -8.35. The number of para-hydroxylation sites is 3. The summed E-state index contributed by atoms with van der Waals surface area (Å²) in [7, 11) is 0. The predicted molar refractivity (Wildman–Crippen MR) is 249 cm³/mol. The van der Waals surface area contributed by atoms with Gasteiger partial charge in [-0.15, -0.1) is 0 Å². The fourth-order valence-corrected chi connectivity index (χ4v) is 9.02. The van der Waals surface area contributed by atoms with Crippen LogP contribution in [-0.2, 0) is 0 Å². The molecule has 0 aliphatic rings. The van der Waals surface area contributed by atoms with Crippen LogP contribution in [0.15, 0.2) is 219 Å². The first-order chi connectivity index (χ1) is 30.3. The van der Waals surface area contributed by atoms with E-state index in [1.165, 1.54) is 32.8 Å². The number of rotatable bonds is 7. The molecule has 0 spiro atoms. The summed E-state index contributed by atoms with van der Waals surface area (Å²) < 4.78 is 6.69. The lowest BCUT2D eigenvalue weighted by atomic mass is 9.94. The van der Waals surface area contributed by atoms with Crippen molar-refractivity contribution in [1.29, 1.82) is 0 Å². The standard InChI is InChI=1S/C55H36N6/c1-4-14-39(15-5-1)51-47-33-32-45-44(37-24-26-38(27-25-37)49-36-59-35-13-34-56-55(59)58-49)20-12-21-46(45)53(47)61(52(51)40-16-6-2-7-17-40)43-30-28-41(29-31-43)54-57-48-22-10-11-23-50(48)60(54)42-18-8-3-9-19-42/h1-36H. The van der Waals surface area contributed by atoms with Crippen molar-refractivity contribution < 1.29 is 0 Å². The minimum absolute atomic E-state index is 0.689. The number of hydrogen-bond donors (Lipinski definition) is 0. The zero-order chi connectivity index (χ0) is 40.3. The van der Waals surface area contributed by atoms with E-state index in [1.54, 1.807) is 6.20 Å². The minimum Gasteiger partial charge on any atom is -0.308 e. The van der Waals surface area contributed by atoms with Gasteiger partial charge in [-0.1, -0.05) is 146 Å². The van der Waals surface area contributed by atoms with Gasteiger partial charge in [0.25, 0.3) is 0 Å². The fraction of sp³-hybridized carbons (Fsp3) is 0. The molecule has 0 atom stereocenters. The van der Waals surface area contributed by atoms with Crippen molar-refractivity contribution in [2.24, 2.45) is 0 Å². The molecule has 0 unspecified atom stereocenters. The van der Waals surface area contributed by atoms with Crippen LogP contribution >= 0.6 is 0 Å². The quantitative estimate of drug-likeness (QED) is 0.162. The lowest BCUT2D eigenvalue weighted by Crippen LogP contribution is -2.00. The summed E-state index contributed by atoms with van der Waals surface area (Å²) in [6, 6.07) is 71.4. The third-order valence-corrected chi connectivity index (χ3v) is 11.8. The average Bonchev–Trinajstić information content (AvgIpc) is 4.05. The van der Waals surface area contributed by atoms with Crippen molar-refractivity contribution in [1.82, 2.24) is 28.5 Å². The maximum absolute atomic E-state index is 5.18. The topological polar surface area (TPSA) is 52.9 Å². The molecular formula is C55H36N6. The second kappa shape index (κ2) is 14.2. The van der Waals surface area contributed by atoms with E-state index >= 15 is 0 Å².